The predicted octanol–water partition coefficient (Wildman–Crippen LogP) is 1.84. The van der Waals surface area contributed by atoms with Crippen LogP contribution in [0.3, 0.4) is 0 Å². The Hall–Kier alpha value is -0.380. The van der Waals surface area contributed by atoms with Gasteiger partial charge in [0.25, 0.3) is 0 Å². The second-order valence-corrected chi connectivity index (χ2v) is 5.36. The molecule has 0 bridgehead atoms. The number of thiophene rings is 1. The van der Waals surface area contributed by atoms with E-state index in [0.29, 0.717) is 12.0 Å². The van der Waals surface area contributed by atoms with Crippen molar-refractivity contribution >= 4 is 11.3 Å². The molecule has 78 valence electrons. The molecule has 2 unspecified atom stereocenters. The van der Waals surface area contributed by atoms with Crippen molar-refractivity contribution in [1.29, 1.82) is 0 Å². The first-order valence-corrected chi connectivity index (χ1v) is 6.05. The molecule has 0 spiro atoms. The van der Waals surface area contributed by atoms with Crippen LogP contribution in [-0.2, 0) is 6.54 Å². The van der Waals surface area contributed by atoms with Crippen molar-refractivity contribution < 1.29 is 0 Å². The lowest BCUT2D eigenvalue weighted by atomic mass is 10.1. The van der Waals surface area contributed by atoms with E-state index in [4.69, 9.17) is 5.73 Å². The van der Waals surface area contributed by atoms with Gasteiger partial charge >= 0.3 is 0 Å². The van der Waals surface area contributed by atoms with Crippen LogP contribution in [0.25, 0.3) is 0 Å². The first-order valence-electron chi connectivity index (χ1n) is 5.17. The largest absolute Gasteiger partial charge is 0.326 e. The zero-order valence-electron chi connectivity index (χ0n) is 8.86. The molecule has 2 N–H and O–H groups in total. The summed E-state index contributed by atoms with van der Waals surface area (Å²) in [5.41, 5.74) is 7.42. The molecule has 1 aromatic heterocycles. The van der Waals surface area contributed by atoms with Crippen LogP contribution in [0.1, 0.15) is 17.4 Å². The van der Waals surface area contributed by atoms with Gasteiger partial charge in [0.15, 0.2) is 0 Å². The molecule has 2 rings (SSSR count). The van der Waals surface area contributed by atoms with Crippen molar-refractivity contribution in [2.24, 2.45) is 11.7 Å². The van der Waals surface area contributed by atoms with Crippen molar-refractivity contribution in [2.45, 2.75) is 26.4 Å². The van der Waals surface area contributed by atoms with E-state index >= 15 is 0 Å². The number of rotatable bonds is 2. The standard InChI is InChI=1S/C11H18N2S/c1-8-3-4-14-11(8)7-13-5-9(2)10(12)6-13/h3-4,9-10H,5-7,12H2,1-2H3. The molecule has 1 aromatic rings. The number of hydrogen-bond donors (Lipinski definition) is 1. The molecule has 0 amide bonds. The van der Waals surface area contributed by atoms with Crippen molar-refractivity contribution in [3.05, 3.63) is 21.9 Å². The Bertz CT molecular complexity index is 298. The van der Waals surface area contributed by atoms with E-state index in [-0.39, 0.29) is 0 Å². The average molecular weight is 210 g/mol. The Morgan fingerprint density at radius 2 is 2.36 bits per heavy atom. The van der Waals surface area contributed by atoms with E-state index in [1.165, 1.54) is 10.4 Å². The third kappa shape index (κ3) is 2.00. The summed E-state index contributed by atoms with van der Waals surface area (Å²) in [4.78, 5) is 3.96. The first-order chi connectivity index (χ1) is 6.66. The van der Waals surface area contributed by atoms with Crippen molar-refractivity contribution in [2.75, 3.05) is 13.1 Å². The molecule has 0 saturated carbocycles. The molecular weight excluding hydrogens is 192 g/mol. The molecule has 14 heavy (non-hydrogen) atoms. The summed E-state index contributed by atoms with van der Waals surface area (Å²) in [7, 11) is 0. The second-order valence-electron chi connectivity index (χ2n) is 4.36. The number of nitrogens with two attached hydrogens (primary N) is 1. The third-order valence-electron chi connectivity index (χ3n) is 3.08. The van der Waals surface area contributed by atoms with E-state index in [1.807, 2.05) is 11.3 Å². The lowest BCUT2D eigenvalue weighted by Gasteiger charge is -2.14. The maximum atomic E-state index is 6.00. The van der Waals surface area contributed by atoms with Gasteiger partial charge < -0.3 is 5.73 Å². The van der Waals surface area contributed by atoms with Crippen LogP contribution in [0.4, 0.5) is 0 Å². The molecule has 1 fully saturated rings. The maximum absolute atomic E-state index is 6.00. The molecular formula is C11H18N2S. The van der Waals surface area contributed by atoms with Gasteiger partial charge in [-0.1, -0.05) is 6.92 Å². The van der Waals surface area contributed by atoms with Crippen LogP contribution in [0, 0.1) is 12.8 Å². The Balaban J connectivity index is 1.97. The van der Waals surface area contributed by atoms with Crippen LogP contribution in [0.2, 0.25) is 0 Å². The zero-order chi connectivity index (χ0) is 10.1. The van der Waals surface area contributed by atoms with Crippen LogP contribution in [0.5, 0.6) is 0 Å². The van der Waals surface area contributed by atoms with Gasteiger partial charge in [-0.05, 0) is 29.9 Å². The lowest BCUT2D eigenvalue weighted by molar-refractivity contribution is 0.321. The summed E-state index contributed by atoms with van der Waals surface area (Å²) >= 11 is 1.86. The van der Waals surface area contributed by atoms with Gasteiger partial charge in [-0.25, -0.2) is 0 Å². The highest BCUT2D eigenvalue weighted by Gasteiger charge is 2.26. The highest BCUT2D eigenvalue weighted by atomic mass is 32.1. The summed E-state index contributed by atoms with van der Waals surface area (Å²) in [6.45, 7) is 7.72. The van der Waals surface area contributed by atoms with Crippen molar-refractivity contribution in [1.82, 2.24) is 4.90 Å². The van der Waals surface area contributed by atoms with Crippen LogP contribution >= 0.6 is 11.3 Å². The van der Waals surface area contributed by atoms with Gasteiger partial charge in [0.1, 0.15) is 0 Å². The van der Waals surface area contributed by atoms with Crippen LogP contribution < -0.4 is 5.73 Å². The number of aryl methyl sites for hydroxylation is 1. The topological polar surface area (TPSA) is 29.3 Å². The molecule has 2 nitrogen and oxygen atoms in total. The average Bonchev–Trinajstić information content (AvgIpc) is 2.63. The number of likely N-dealkylation sites (tertiary alicyclic amines) is 1. The van der Waals surface area contributed by atoms with E-state index in [2.05, 4.69) is 30.2 Å². The SMILES string of the molecule is Cc1ccsc1CN1CC(C)C(N)C1. The highest BCUT2D eigenvalue weighted by molar-refractivity contribution is 7.10. The molecule has 1 aliphatic heterocycles. The minimum absolute atomic E-state index is 0.371. The molecule has 0 radical (unpaired) electrons. The Morgan fingerprint density at radius 1 is 1.57 bits per heavy atom. The fourth-order valence-electron chi connectivity index (χ4n) is 1.99. The minimum atomic E-state index is 0.371. The Morgan fingerprint density at radius 3 is 2.86 bits per heavy atom. The quantitative estimate of drug-likeness (QED) is 0.807. The van der Waals surface area contributed by atoms with Gasteiger partial charge in [-0.15, -0.1) is 11.3 Å². The first kappa shape index (κ1) is 10.1. The normalized spacial score (nSPS) is 28.5. The van der Waals surface area contributed by atoms with Gasteiger partial charge in [0.2, 0.25) is 0 Å². The van der Waals surface area contributed by atoms with Crippen LogP contribution in [0.15, 0.2) is 11.4 Å². The number of hydrogen-bond acceptors (Lipinski definition) is 3. The van der Waals surface area contributed by atoms with Gasteiger partial charge in [-0.3, -0.25) is 4.90 Å². The summed E-state index contributed by atoms with van der Waals surface area (Å²) in [6, 6.07) is 2.56. The molecule has 2 atom stereocenters. The lowest BCUT2D eigenvalue weighted by Crippen LogP contribution is -2.28. The predicted molar refractivity (Wildman–Crippen MR) is 61.5 cm³/mol. The summed E-state index contributed by atoms with van der Waals surface area (Å²) < 4.78 is 0. The maximum Gasteiger partial charge on any atom is 0.0331 e. The molecule has 0 aliphatic carbocycles. The zero-order valence-corrected chi connectivity index (χ0v) is 9.68. The molecule has 1 aliphatic rings. The molecule has 0 aromatic carbocycles. The minimum Gasteiger partial charge on any atom is -0.326 e. The van der Waals surface area contributed by atoms with E-state index in [1.54, 1.807) is 0 Å². The van der Waals surface area contributed by atoms with Crippen LogP contribution in [-0.4, -0.2) is 24.0 Å². The Labute approximate surface area is 89.7 Å². The fourth-order valence-corrected chi connectivity index (χ4v) is 2.94. The smallest absolute Gasteiger partial charge is 0.0331 e. The highest BCUT2D eigenvalue weighted by Crippen LogP contribution is 2.22. The molecule has 3 heteroatoms. The van der Waals surface area contributed by atoms with Gasteiger partial charge in [-0.2, -0.15) is 0 Å². The number of nitrogens with zero attached hydrogens (tertiary/aromatic N) is 1. The fraction of sp³-hybridized carbons (Fsp3) is 0.636. The van der Waals surface area contributed by atoms with Crippen molar-refractivity contribution in [3.63, 3.8) is 0 Å². The van der Waals surface area contributed by atoms with E-state index in [9.17, 15) is 0 Å². The summed E-state index contributed by atoms with van der Waals surface area (Å²) in [5.74, 6) is 0.648. The van der Waals surface area contributed by atoms with E-state index in [0.717, 1.165) is 19.6 Å². The second kappa shape index (κ2) is 4.01. The monoisotopic (exact) mass is 210 g/mol. The Kier molecular flexibility index (Phi) is 2.91. The van der Waals surface area contributed by atoms with Crippen molar-refractivity contribution in [3.8, 4) is 0 Å². The molecule has 2 heterocycles. The molecule has 1 saturated heterocycles. The van der Waals surface area contributed by atoms with Gasteiger partial charge in [0.05, 0.1) is 0 Å². The summed E-state index contributed by atoms with van der Waals surface area (Å²) in [6.07, 6.45) is 0. The third-order valence-corrected chi connectivity index (χ3v) is 4.09. The van der Waals surface area contributed by atoms with Gasteiger partial charge in [0, 0.05) is 30.6 Å². The summed E-state index contributed by atoms with van der Waals surface area (Å²) in [5, 5.41) is 2.17. The van der Waals surface area contributed by atoms with E-state index < -0.39 is 0 Å².